The standard InChI is InChI=1S/C20H23N5O3S2/c1-14-8-10-16(11-9-14)30(27,28)21-12-18-23-24-20(25(18)3)29-13-19(26)22-17-7-5-4-6-15(17)2/h4-11,21H,12-13H2,1-3H3,(H,22,26). The van der Waals surface area contributed by atoms with Crippen LogP contribution in [0.15, 0.2) is 58.6 Å². The number of benzene rings is 2. The molecule has 0 bridgehead atoms. The van der Waals surface area contributed by atoms with Crippen LogP contribution >= 0.6 is 11.8 Å². The average Bonchev–Trinajstić information content (AvgIpc) is 3.06. The fourth-order valence-electron chi connectivity index (χ4n) is 2.61. The quantitative estimate of drug-likeness (QED) is 0.517. The van der Waals surface area contributed by atoms with E-state index in [4.69, 9.17) is 0 Å². The van der Waals surface area contributed by atoms with Crippen molar-refractivity contribution in [2.75, 3.05) is 11.1 Å². The molecule has 2 aromatic carbocycles. The normalized spacial score (nSPS) is 11.4. The van der Waals surface area contributed by atoms with Crippen LogP contribution in [0.2, 0.25) is 0 Å². The molecule has 0 radical (unpaired) electrons. The Morgan fingerprint density at radius 3 is 2.47 bits per heavy atom. The van der Waals surface area contributed by atoms with Crippen LogP contribution in [0.25, 0.3) is 0 Å². The topological polar surface area (TPSA) is 106 Å². The lowest BCUT2D eigenvalue weighted by atomic mass is 10.2. The summed E-state index contributed by atoms with van der Waals surface area (Å²) >= 11 is 1.23. The van der Waals surface area contributed by atoms with Crippen LogP contribution < -0.4 is 10.0 Å². The minimum Gasteiger partial charge on any atom is -0.325 e. The zero-order chi connectivity index (χ0) is 21.7. The smallest absolute Gasteiger partial charge is 0.240 e. The van der Waals surface area contributed by atoms with E-state index >= 15 is 0 Å². The second-order valence-electron chi connectivity index (χ2n) is 6.75. The Hall–Kier alpha value is -2.69. The van der Waals surface area contributed by atoms with E-state index in [0.29, 0.717) is 11.0 Å². The molecule has 10 heteroatoms. The van der Waals surface area contributed by atoms with E-state index in [1.807, 2.05) is 38.1 Å². The Bertz CT molecular complexity index is 1140. The van der Waals surface area contributed by atoms with E-state index in [9.17, 15) is 13.2 Å². The van der Waals surface area contributed by atoms with Gasteiger partial charge in [0.15, 0.2) is 5.16 Å². The van der Waals surface area contributed by atoms with Crippen molar-refractivity contribution >= 4 is 33.4 Å². The van der Waals surface area contributed by atoms with E-state index in [2.05, 4.69) is 20.2 Å². The predicted molar refractivity (Wildman–Crippen MR) is 117 cm³/mol. The summed E-state index contributed by atoms with van der Waals surface area (Å²) < 4.78 is 29.0. The number of hydrogen-bond donors (Lipinski definition) is 2. The molecular formula is C20H23N5O3S2. The van der Waals surface area contributed by atoms with E-state index < -0.39 is 10.0 Å². The van der Waals surface area contributed by atoms with Gasteiger partial charge in [0.05, 0.1) is 17.2 Å². The van der Waals surface area contributed by atoms with Crippen molar-refractivity contribution in [1.29, 1.82) is 0 Å². The average molecular weight is 446 g/mol. The summed E-state index contributed by atoms with van der Waals surface area (Å²) in [5, 5.41) is 11.5. The molecule has 0 aliphatic heterocycles. The Balaban J connectivity index is 1.57. The van der Waals surface area contributed by atoms with Crippen molar-refractivity contribution < 1.29 is 13.2 Å². The Labute approximate surface area is 180 Å². The van der Waals surface area contributed by atoms with Crippen molar-refractivity contribution in [3.05, 3.63) is 65.5 Å². The van der Waals surface area contributed by atoms with E-state index in [-0.39, 0.29) is 23.1 Å². The van der Waals surface area contributed by atoms with Crippen molar-refractivity contribution in [1.82, 2.24) is 19.5 Å². The summed E-state index contributed by atoms with van der Waals surface area (Å²) in [6.45, 7) is 3.81. The van der Waals surface area contributed by atoms with Crippen LogP contribution in [0.3, 0.4) is 0 Å². The number of aryl methyl sites for hydroxylation is 2. The largest absolute Gasteiger partial charge is 0.325 e. The minimum atomic E-state index is -3.65. The molecule has 0 saturated carbocycles. The Kier molecular flexibility index (Phi) is 6.91. The first-order valence-electron chi connectivity index (χ1n) is 9.19. The highest BCUT2D eigenvalue weighted by Crippen LogP contribution is 2.18. The van der Waals surface area contributed by atoms with Gasteiger partial charge in [-0.2, -0.15) is 0 Å². The number of amides is 1. The van der Waals surface area contributed by atoms with Gasteiger partial charge in [-0.3, -0.25) is 4.79 Å². The molecule has 1 aromatic heterocycles. The number of carbonyl (C=O) groups is 1. The number of hydrogen-bond acceptors (Lipinski definition) is 6. The molecule has 8 nitrogen and oxygen atoms in total. The van der Waals surface area contributed by atoms with Crippen molar-refractivity contribution in [2.45, 2.75) is 30.4 Å². The van der Waals surface area contributed by atoms with Gasteiger partial charge in [-0.05, 0) is 37.6 Å². The van der Waals surface area contributed by atoms with Gasteiger partial charge in [0.25, 0.3) is 0 Å². The molecule has 0 saturated heterocycles. The summed E-state index contributed by atoms with van der Waals surface area (Å²) in [7, 11) is -1.92. The summed E-state index contributed by atoms with van der Waals surface area (Å²) in [6, 6.07) is 14.1. The van der Waals surface area contributed by atoms with Gasteiger partial charge in [0.1, 0.15) is 5.82 Å². The lowest BCUT2D eigenvalue weighted by Gasteiger charge is -2.08. The number of anilines is 1. The maximum absolute atomic E-state index is 12.4. The molecule has 0 aliphatic rings. The maximum atomic E-state index is 12.4. The lowest BCUT2D eigenvalue weighted by Crippen LogP contribution is -2.24. The fourth-order valence-corrected chi connectivity index (χ4v) is 4.32. The molecule has 1 heterocycles. The van der Waals surface area contributed by atoms with Crippen molar-refractivity contribution in [2.24, 2.45) is 7.05 Å². The van der Waals surface area contributed by atoms with E-state index in [1.54, 1.807) is 35.9 Å². The molecule has 3 aromatic rings. The van der Waals surface area contributed by atoms with Crippen molar-refractivity contribution in [3.63, 3.8) is 0 Å². The molecule has 30 heavy (non-hydrogen) atoms. The molecule has 1 amide bonds. The Morgan fingerprint density at radius 2 is 1.77 bits per heavy atom. The van der Waals surface area contributed by atoms with Crippen LogP contribution in [0, 0.1) is 13.8 Å². The number of para-hydroxylation sites is 1. The number of carbonyl (C=O) groups excluding carboxylic acids is 1. The molecule has 0 fully saturated rings. The zero-order valence-electron chi connectivity index (χ0n) is 16.9. The third-order valence-corrected chi connectivity index (χ3v) is 6.87. The van der Waals surface area contributed by atoms with Gasteiger partial charge in [0, 0.05) is 12.7 Å². The second-order valence-corrected chi connectivity index (χ2v) is 9.46. The second kappa shape index (κ2) is 9.41. The van der Waals surface area contributed by atoms with Gasteiger partial charge in [-0.1, -0.05) is 47.7 Å². The highest BCUT2D eigenvalue weighted by Gasteiger charge is 2.17. The number of rotatable bonds is 8. The number of aromatic nitrogens is 3. The molecule has 3 rings (SSSR count). The summed E-state index contributed by atoms with van der Waals surface area (Å²) in [5.41, 5.74) is 2.74. The number of nitrogens with zero attached hydrogens (tertiary/aromatic N) is 3. The number of sulfonamides is 1. The van der Waals surface area contributed by atoms with Gasteiger partial charge >= 0.3 is 0 Å². The molecule has 0 aliphatic carbocycles. The van der Waals surface area contributed by atoms with Gasteiger partial charge < -0.3 is 9.88 Å². The van der Waals surface area contributed by atoms with Crippen LogP contribution in [-0.4, -0.2) is 34.8 Å². The first-order valence-corrected chi connectivity index (χ1v) is 11.7. The first-order chi connectivity index (χ1) is 14.3. The van der Waals surface area contributed by atoms with E-state index in [1.165, 1.54) is 11.8 Å². The van der Waals surface area contributed by atoms with Crippen molar-refractivity contribution in [3.8, 4) is 0 Å². The predicted octanol–water partition coefficient (Wildman–Crippen LogP) is 2.64. The zero-order valence-corrected chi connectivity index (χ0v) is 18.5. The first kappa shape index (κ1) is 22.0. The van der Waals surface area contributed by atoms with E-state index in [0.717, 1.165) is 16.8 Å². The SMILES string of the molecule is Cc1ccc(S(=O)(=O)NCc2nnc(SCC(=O)Nc3ccccc3C)n2C)cc1. The maximum Gasteiger partial charge on any atom is 0.240 e. The van der Waals surface area contributed by atoms with Crippen LogP contribution in [-0.2, 0) is 28.4 Å². The van der Waals surface area contributed by atoms with Crippen LogP contribution in [0.1, 0.15) is 17.0 Å². The summed E-state index contributed by atoms with van der Waals surface area (Å²) in [4.78, 5) is 12.4. The van der Waals surface area contributed by atoms with Gasteiger partial charge in [0.2, 0.25) is 15.9 Å². The molecule has 158 valence electrons. The molecule has 0 spiro atoms. The minimum absolute atomic E-state index is 0.00429. The molecule has 2 N–H and O–H groups in total. The molecule has 0 unspecified atom stereocenters. The number of thioether (sulfide) groups is 1. The monoisotopic (exact) mass is 445 g/mol. The highest BCUT2D eigenvalue weighted by atomic mass is 32.2. The molecular weight excluding hydrogens is 422 g/mol. The third kappa shape index (κ3) is 5.47. The Morgan fingerprint density at radius 1 is 1.07 bits per heavy atom. The summed E-state index contributed by atoms with van der Waals surface area (Å²) in [5.74, 6) is 0.460. The van der Waals surface area contributed by atoms with Crippen LogP contribution in [0.5, 0.6) is 0 Å². The fraction of sp³-hybridized carbons (Fsp3) is 0.250. The van der Waals surface area contributed by atoms with Gasteiger partial charge in [-0.25, -0.2) is 13.1 Å². The highest BCUT2D eigenvalue weighted by molar-refractivity contribution is 7.99. The molecule has 0 atom stereocenters. The van der Waals surface area contributed by atoms with Crippen LogP contribution in [0.4, 0.5) is 5.69 Å². The van der Waals surface area contributed by atoms with Gasteiger partial charge in [-0.15, -0.1) is 10.2 Å². The summed E-state index contributed by atoms with van der Waals surface area (Å²) in [6.07, 6.45) is 0. The number of nitrogens with one attached hydrogen (secondary N) is 2. The third-order valence-electron chi connectivity index (χ3n) is 4.43. The lowest BCUT2D eigenvalue weighted by molar-refractivity contribution is -0.113.